The Kier molecular flexibility index (Phi) is 6.76. The number of piperidine rings is 1. The van der Waals surface area contributed by atoms with E-state index < -0.39 is 0 Å². The summed E-state index contributed by atoms with van der Waals surface area (Å²) in [5.74, 6) is 0.0553. The average molecular weight is 255 g/mol. The highest BCUT2D eigenvalue weighted by Crippen LogP contribution is 2.19. The molecule has 1 saturated heterocycles. The molecular formula is C14H25NO3. The molecule has 0 bridgehead atoms. The summed E-state index contributed by atoms with van der Waals surface area (Å²) in [5.41, 5.74) is 0. The van der Waals surface area contributed by atoms with Gasteiger partial charge < -0.3 is 9.64 Å². The van der Waals surface area contributed by atoms with Crippen molar-refractivity contribution in [3.63, 3.8) is 0 Å². The number of esters is 1. The minimum absolute atomic E-state index is 0.0959. The van der Waals surface area contributed by atoms with Crippen LogP contribution >= 0.6 is 0 Å². The summed E-state index contributed by atoms with van der Waals surface area (Å²) < 4.78 is 5.25. The van der Waals surface area contributed by atoms with Crippen molar-refractivity contribution in [2.75, 3.05) is 13.2 Å². The van der Waals surface area contributed by atoms with Gasteiger partial charge in [0.1, 0.15) is 6.61 Å². The maximum Gasteiger partial charge on any atom is 0.305 e. The van der Waals surface area contributed by atoms with E-state index in [1.807, 2.05) is 18.7 Å². The van der Waals surface area contributed by atoms with Crippen LogP contribution in [0.4, 0.5) is 0 Å². The van der Waals surface area contributed by atoms with Crippen LogP contribution in [0.15, 0.2) is 0 Å². The molecule has 1 atom stereocenters. The predicted octanol–water partition coefficient (Wildman–Crippen LogP) is 2.51. The molecular weight excluding hydrogens is 230 g/mol. The fourth-order valence-corrected chi connectivity index (χ4v) is 2.33. The maximum absolute atomic E-state index is 12.0. The molecule has 1 aliphatic heterocycles. The molecule has 0 spiro atoms. The number of hydrogen-bond acceptors (Lipinski definition) is 3. The number of carbonyl (C=O) groups excluding carboxylic acids is 2. The minimum atomic E-state index is -0.147. The van der Waals surface area contributed by atoms with E-state index in [0.29, 0.717) is 19.4 Å². The van der Waals surface area contributed by atoms with E-state index in [0.717, 1.165) is 38.6 Å². The van der Waals surface area contributed by atoms with Crippen LogP contribution in [0.5, 0.6) is 0 Å². The van der Waals surface area contributed by atoms with Crippen molar-refractivity contribution in [1.29, 1.82) is 0 Å². The van der Waals surface area contributed by atoms with Crippen LogP contribution in [0.1, 0.15) is 58.8 Å². The van der Waals surface area contributed by atoms with Crippen molar-refractivity contribution in [2.24, 2.45) is 0 Å². The maximum atomic E-state index is 12.0. The second-order valence-corrected chi connectivity index (χ2v) is 4.92. The Bertz CT molecular complexity index is 278. The Morgan fingerprint density at radius 3 is 2.56 bits per heavy atom. The highest BCUT2D eigenvalue weighted by molar-refractivity contribution is 5.76. The molecule has 0 aromatic heterocycles. The van der Waals surface area contributed by atoms with Crippen LogP contribution in [0, 0.1) is 0 Å². The SMILES string of the molecule is CCCC(=O)OCC1CCCCN1C(=O)CCC. The van der Waals surface area contributed by atoms with E-state index in [-0.39, 0.29) is 17.9 Å². The number of rotatable bonds is 6. The van der Waals surface area contributed by atoms with Crippen molar-refractivity contribution in [1.82, 2.24) is 4.90 Å². The molecule has 1 amide bonds. The van der Waals surface area contributed by atoms with E-state index in [4.69, 9.17) is 4.74 Å². The van der Waals surface area contributed by atoms with Crippen molar-refractivity contribution in [3.8, 4) is 0 Å². The quantitative estimate of drug-likeness (QED) is 0.685. The number of ether oxygens (including phenoxy) is 1. The minimum Gasteiger partial charge on any atom is -0.463 e. The van der Waals surface area contributed by atoms with Gasteiger partial charge in [-0.05, 0) is 32.1 Å². The van der Waals surface area contributed by atoms with Gasteiger partial charge in [0.05, 0.1) is 6.04 Å². The molecule has 0 aromatic rings. The Balaban J connectivity index is 2.44. The highest BCUT2D eigenvalue weighted by atomic mass is 16.5. The standard InChI is InChI=1S/C14H25NO3/c1-3-7-13(16)15-10-6-5-9-12(15)11-18-14(17)8-4-2/h12H,3-11H2,1-2H3. The molecule has 104 valence electrons. The van der Waals surface area contributed by atoms with Crippen molar-refractivity contribution in [2.45, 2.75) is 64.8 Å². The number of amides is 1. The third-order valence-electron chi connectivity index (χ3n) is 3.30. The van der Waals surface area contributed by atoms with E-state index >= 15 is 0 Å². The molecule has 4 nitrogen and oxygen atoms in total. The number of hydrogen-bond donors (Lipinski definition) is 0. The molecule has 18 heavy (non-hydrogen) atoms. The lowest BCUT2D eigenvalue weighted by Crippen LogP contribution is -2.46. The molecule has 0 aromatic carbocycles. The Morgan fingerprint density at radius 2 is 1.89 bits per heavy atom. The number of carbonyl (C=O) groups is 2. The largest absolute Gasteiger partial charge is 0.463 e. The molecule has 1 rings (SSSR count). The molecule has 1 aliphatic rings. The third-order valence-corrected chi connectivity index (χ3v) is 3.30. The monoisotopic (exact) mass is 255 g/mol. The van der Waals surface area contributed by atoms with Crippen molar-refractivity contribution >= 4 is 11.9 Å². The van der Waals surface area contributed by atoms with Gasteiger partial charge in [-0.25, -0.2) is 0 Å². The molecule has 0 aliphatic carbocycles. The normalized spacial score (nSPS) is 19.7. The summed E-state index contributed by atoms with van der Waals surface area (Å²) in [6, 6.07) is 0.0959. The second-order valence-electron chi connectivity index (χ2n) is 4.92. The van der Waals surface area contributed by atoms with Gasteiger partial charge in [-0.15, -0.1) is 0 Å². The van der Waals surface area contributed by atoms with Crippen LogP contribution in [-0.2, 0) is 14.3 Å². The topological polar surface area (TPSA) is 46.6 Å². The summed E-state index contributed by atoms with van der Waals surface area (Å²) in [6.07, 6.45) is 5.88. The van der Waals surface area contributed by atoms with Gasteiger partial charge in [-0.1, -0.05) is 13.8 Å². The Morgan fingerprint density at radius 1 is 1.17 bits per heavy atom. The zero-order chi connectivity index (χ0) is 13.4. The number of nitrogens with zero attached hydrogens (tertiary/aromatic N) is 1. The first-order chi connectivity index (χ1) is 8.69. The fourth-order valence-electron chi connectivity index (χ4n) is 2.33. The molecule has 1 unspecified atom stereocenters. The second kappa shape index (κ2) is 8.11. The van der Waals surface area contributed by atoms with Crippen LogP contribution in [0.2, 0.25) is 0 Å². The summed E-state index contributed by atoms with van der Waals surface area (Å²) in [6.45, 7) is 5.15. The lowest BCUT2D eigenvalue weighted by Gasteiger charge is -2.35. The van der Waals surface area contributed by atoms with Gasteiger partial charge in [0.15, 0.2) is 0 Å². The van der Waals surface area contributed by atoms with Gasteiger partial charge >= 0.3 is 5.97 Å². The molecule has 0 radical (unpaired) electrons. The Hall–Kier alpha value is -1.06. The first-order valence-corrected chi connectivity index (χ1v) is 7.14. The van der Waals surface area contributed by atoms with Gasteiger partial charge in [-0.2, -0.15) is 0 Å². The first-order valence-electron chi connectivity index (χ1n) is 7.14. The fraction of sp³-hybridized carbons (Fsp3) is 0.857. The van der Waals surface area contributed by atoms with Gasteiger partial charge in [0, 0.05) is 19.4 Å². The third kappa shape index (κ3) is 4.67. The van der Waals surface area contributed by atoms with E-state index in [2.05, 4.69) is 0 Å². The summed E-state index contributed by atoms with van der Waals surface area (Å²) in [7, 11) is 0. The smallest absolute Gasteiger partial charge is 0.305 e. The zero-order valence-electron chi connectivity index (χ0n) is 11.6. The molecule has 1 heterocycles. The number of likely N-dealkylation sites (tertiary alicyclic amines) is 1. The van der Waals surface area contributed by atoms with Crippen LogP contribution in [0.25, 0.3) is 0 Å². The van der Waals surface area contributed by atoms with Gasteiger partial charge in [0.2, 0.25) is 5.91 Å². The van der Waals surface area contributed by atoms with Gasteiger partial charge in [-0.3, -0.25) is 9.59 Å². The Labute approximate surface area is 110 Å². The molecule has 4 heteroatoms. The van der Waals surface area contributed by atoms with Crippen molar-refractivity contribution < 1.29 is 14.3 Å². The summed E-state index contributed by atoms with van der Waals surface area (Å²) >= 11 is 0. The summed E-state index contributed by atoms with van der Waals surface area (Å²) in [4.78, 5) is 25.2. The predicted molar refractivity (Wildman–Crippen MR) is 70.1 cm³/mol. The van der Waals surface area contributed by atoms with Gasteiger partial charge in [0.25, 0.3) is 0 Å². The van der Waals surface area contributed by atoms with E-state index in [1.54, 1.807) is 0 Å². The van der Waals surface area contributed by atoms with Crippen LogP contribution in [-0.4, -0.2) is 36.0 Å². The average Bonchev–Trinajstić information content (AvgIpc) is 2.37. The van der Waals surface area contributed by atoms with Crippen LogP contribution < -0.4 is 0 Å². The molecule has 0 N–H and O–H groups in total. The van der Waals surface area contributed by atoms with Crippen molar-refractivity contribution in [3.05, 3.63) is 0 Å². The summed E-state index contributed by atoms with van der Waals surface area (Å²) in [5, 5.41) is 0. The highest BCUT2D eigenvalue weighted by Gasteiger charge is 2.26. The first kappa shape index (κ1) is 15.0. The molecule has 1 fully saturated rings. The van der Waals surface area contributed by atoms with E-state index in [9.17, 15) is 9.59 Å². The molecule has 0 saturated carbocycles. The van der Waals surface area contributed by atoms with Crippen LogP contribution in [0.3, 0.4) is 0 Å². The van der Waals surface area contributed by atoms with E-state index in [1.165, 1.54) is 0 Å². The lowest BCUT2D eigenvalue weighted by atomic mass is 10.0. The lowest BCUT2D eigenvalue weighted by molar-refractivity contribution is -0.149. The zero-order valence-corrected chi connectivity index (χ0v) is 11.6.